The Morgan fingerprint density at radius 2 is 2.06 bits per heavy atom. The largest absolute Gasteiger partial charge is 0.370 e. The van der Waals surface area contributed by atoms with E-state index in [1.54, 1.807) is 6.92 Å². The summed E-state index contributed by atoms with van der Waals surface area (Å²) < 4.78 is 24.4. The van der Waals surface area contributed by atoms with Crippen LogP contribution in [0.1, 0.15) is 20.8 Å². The van der Waals surface area contributed by atoms with Gasteiger partial charge < -0.3 is 11.1 Å². The quantitative estimate of drug-likeness (QED) is 0.399. The zero-order valence-corrected chi connectivity index (χ0v) is 14.2. The van der Waals surface area contributed by atoms with Crippen LogP contribution in [0.4, 0.5) is 0 Å². The SMILES string of the molecule is CCS(=O)(=O)N1CC(CN=C(N)NC(C)C)C1.I. The number of guanidine groups is 1. The lowest BCUT2D eigenvalue weighted by Gasteiger charge is -2.37. The number of hydrogen-bond acceptors (Lipinski definition) is 3. The minimum absolute atomic E-state index is 0. The Kier molecular flexibility index (Phi) is 7.45. The van der Waals surface area contributed by atoms with Gasteiger partial charge in [-0.15, -0.1) is 24.0 Å². The van der Waals surface area contributed by atoms with Crippen molar-refractivity contribution in [1.29, 1.82) is 0 Å². The highest BCUT2D eigenvalue weighted by Crippen LogP contribution is 2.19. The summed E-state index contributed by atoms with van der Waals surface area (Å²) >= 11 is 0. The van der Waals surface area contributed by atoms with Gasteiger partial charge in [0.05, 0.1) is 5.75 Å². The summed E-state index contributed by atoms with van der Waals surface area (Å²) in [5.41, 5.74) is 5.66. The van der Waals surface area contributed by atoms with Crippen LogP contribution >= 0.6 is 24.0 Å². The first kappa shape index (κ1) is 17.9. The summed E-state index contributed by atoms with van der Waals surface area (Å²) in [7, 11) is -3.01. The van der Waals surface area contributed by atoms with Crippen molar-refractivity contribution in [3.63, 3.8) is 0 Å². The maximum atomic E-state index is 11.5. The highest BCUT2D eigenvalue weighted by molar-refractivity contribution is 14.0. The van der Waals surface area contributed by atoms with E-state index in [1.807, 2.05) is 13.8 Å². The molecular weight excluding hydrogens is 367 g/mol. The van der Waals surface area contributed by atoms with E-state index in [2.05, 4.69) is 10.3 Å². The van der Waals surface area contributed by atoms with Gasteiger partial charge in [0.25, 0.3) is 0 Å². The third-order valence-corrected chi connectivity index (χ3v) is 4.45. The Hall–Kier alpha value is -0.0900. The van der Waals surface area contributed by atoms with Gasteiger partial charge >= 0.3 is 0 Å². The Bertz CT molecular complexity index is 377. The van der Waals surface area contributed by atoms with E-state index >= 15 is 0 Å². The number of hydrogen-bond donors (Lipinski definition) is 2. The van der Waals surface area contributed by atoms with Gasteiger partial charge in [-0.25, -0.2) is 12.7 Å². The first-order valence-electron chi connectivity index (χ1n) is 5.89. The molecule has 0 aromatic heterocycles. The molecule has 0 aliphatic carbocycles. The van der Waals surface area contributed by atoms with Gasteiger partial charge in [-0.05, 0) is 20.8 Å². The fourth-order valence-electron chi connectivity index (χ4n) is 1.62. The lowest BCUT2D eigenvalue weighted by Crippen LogP contribution is -2.51. The van der Waals surface area contributed by atoms with Crippen LogP contribution in [0.2, 0.25) is 0 Å². The normalized spacial score (nSPS) is 18.3. The molecule has 108 valence electrons. The third kappa shape index (κ3) is 5.27. The van der Waals surface area contributed by atoms with Gasteiger partial charge in [-0.2, -0.15) is 0 Å². The number of nitrogens with one attached hydrogen (secondary N) is 1. The fraction of sp³-hybridized carbons (Fsp3) is 0.900. The van der Waals surface area contributed by atoms with Gasteiger partial charge in [0.1, 0.15) is 0 Å². The van der Waals surface area contributed by atoms with E-state index in [1.165, 1.54) is 4.31 Å². The molecule has 1 aliphatic heterocycles. The van der Waals surface area contributed by atoms with Crippen molar-refractivity contribution in [2.24, 2.45) is 16.6 Å². The Labute approximate surface area is 126 Å². The van der Waals surface area contributed by atoms with E-state index in [0.29, 0.717) is 31.5 Å². The molecule has 0 saturated carbocycles. The lowest BCUT2D eigenvalue weighted by atomic mass is 10.0. The Morgan fingerprint density at radius 1 is 1.50 bits per heavy atom. The van der Waals surface area contributed by atoms with Crippen LogP contribution in [0.5, 0.6) is 0 Å². The molecule has 1 saturated heterocycles. The minimum Gasteiger partial charge on any atom is -0.370 e. The minimum atomic E-state index is -3.01. The molecule has 1 aliphatic rings. The lowest BCUT2D eigenvalue weighted by molar-refractivity contribution is 0.208. The van der Waals surface area contributed by atoms with Crippen molar-refractivity contribution in [3.05, 3.63) is 0 Å². The van der Waals surface area contributed by atoms with Crippen molar-refractivity contribution < 1.29 is 8.42 Å². The second kappa shape index (κ2) is 7.49. The molecule has 6 nitrogen and oxygen atoms in total. The fourth-order valence-corrected chi connectivity index (χ4v) is 2.86. The number of aliphatic imine (C=N–C) groups is 1. The van der Waals surface area contributed by atoms with Crippen molar-refractivity contribution in [2.75, 3.05) is 25.4 Å². The molecule has 1 rings (SSSR count). The van der Waals surface area contributed by atoms with Gasteiger partial charge in [-0.1, -0.05) is 0 Å². The van der Waals surface area contributed by atoms with E-state index in [-0.39, 0.29) is 35.8 Å². The van der Waals surface area contributed by atoms with Crippen molar-refractivity contribution >= 4 is 40.0 Å². The molecule has 0 radical (unpaired) electrons. The molecule has 0 aromatic carbocycles. The second-order valence-electron chi connectivity index (χ2n) is 4.61. The molecule has 0 aromatic rings. The van der Waals surface area contributed by atoms with E-state index in [0.717, 1.165) is 0 Å². The van der Waals surface area contributed by atoms with Crippen molar-refractivity contribution in [1.82, 2.24) is 9.62 Å². The van der Waals surface area contributed by atoms with Gasteiger partial charge in [-0.3, -0.25) is 4.99 Å². The zero-order valence-electron chi connectivity index (χ0n) is 11.1. The monoisotopic (exact) mass is 390 g/mol. The summed E-state index contributed by atoms with van der Waals surface area (Å²) in [6.07, 6.45) is 0. The van der Waals surface area contributed by atoms with Crippen LogP contribution in [0, 0.1) is 5.92 Å². The number of halogens is 1. The van der Waals surface area contributed by atoms with Crippen molar-refractivity contribution in [3.8, 4) is 0 Å². The standard InChI is InChI=1S/C10H22N4O2S.HI/c1-4-17(15,16)14-6-9(7-14)5-12-10(11)13-8(2)3;/h8-9H,4-7H2,1-3H3,(H3,11,12,13);1H. The molecule has 3 N–H and O–H groups in total. The molecule has 0 spiro atoms. The maximum absolute atomic E-state index is 11.5. The number of sulfonamides is 1. The predicted molar refractivity (Wildman–Crippen MR) is 84.7 cm³/mol. The van der Waals surface area contributed by atoms with Crippen LogP contribution in [0.3, 0.4) is 0 Å². The topological polar surface area (TPSA) is 87.8 Å². The Morgan fingerprint density at radius 3 is 2.50 bits per heavy atom. The Balaban J connectivity index is 0.00000289. The molecule has 0 atom stereocenters. The summed E-state index contributed by atoms with van der Waals surface area (Å²) in [6.45, 7) is 7.35. The molecule has 1 heterocycles. The second-order valence-corrected chi connectivity index (χ2v) is 6.87. The first-order chi connectivity index (χ1) is 7.85. The van der Waals surface area contributed by atoms with E-state index in [9.17, 15) is 8.42 Å². The van der Waals surface area contributed by atoms with Crippen LogP contribution in [0.25, 0.3) is 0 Å². The smallest absolute Gasteiger partial charge is 0.213 e. The van der Waals surface area contributed by atoms with E-state index in [4.69, 9.17) is 5.73 Å². The van der Waals surface area contributed by atoms with Gasteiger partial charge in [0, 0.05) is 31.6 Å². The van der Waals surface area contributed by atoms with Crippen molar-refractivity contribution in [2.45, 2.75) is 26.8 Å². The highest BCUT2D eigenvalue weighted by Gasteiger charge is 2.34. The first-order valence-corrected chi connectivity index (χ1v) is 7.50. The number of nitrogens with zero attached hydrogens (tertiary/aromatic N) is 2. The van der Waals surface area contributed by atoms with Crippen LogP contribution < -0.4 is 11.1 Å². The average molecular weight is 390 g/mol. The number of nitrogens with two attached hydrogens (primary N) is 1. The molecule has 18 heavy (non-hydrogen) atoms. The summed E-state index contributed by atoms with van der Waals surface area (Å²) in [4.78, 5) is 4.19. The van der Waals surface area contributed by atoms with Crippen LogP contribution in [-0.2, 0) is 10.0 Å². The molecular formula is C10H23IN4O2S. The molecule has 0 unspecified atom stereocenters. The third-order valence-electron chi connectivity index (χ3n) is 2.64. The van der Waals surface area contributed by atoms with Crippen LogP contribution in [-0.4, -0.2) is 50.1 Å². The summed E-state index contributed by atoms with van der Waals surface area (Å²) in [6, 6.07) is 0.261. The summed E-state index contributed by atoms with van der Waals surface area (Å²) in [5.74, 6) is 0.890. The highest BCUT2D eigenvalue weighted by atomic mass is 127. The molecule has 1 fully saturated rings. The van der Waals surface area contributed by atoms with E-state index < -0.39 is 10.0 Å². The maximum Gasteiger partial charge on any atom is 0.213 e. The molecule has 8 heteroatoms. The predicted octanol–water partition coefficient (Wildman–Crippen LogP) is 0.199. The van der Waals surface area contributed by atoms with Crippen LogP contribution in [0.15, 0.2) is 4.99 Å². The summed E-state index contributed by atoms with van der Waals surface area (Å²) in [5, 5.41) is 2.99. The molecule has 0 bridgehead atoms. The zero-order chi connectivity index (χ0) is 13.1. The number of rotatable bonds is 5. The molecule has 0 amide bonds. The average Bonchev–Trinajstić information content (AvgIpc) is 2.13. The van der Waals surface area contributed by atoms with Gasteiger partial charge in [0.2, 0.25) is 10.0 Å². The van der Waals surface area contributed by atoms with Gasteiger partial charge in [0.15, 0.2) is 5.96 Å².